The fourth-order valence-corrected chi connectivity index (χ4v) is 3.16. The molecule has 1 aromatic heterocycles. The van der Waals surface area contributed by atoms with Crippen molar-refractivity contribution in [1.29, 1.82) is 0 Å². The van der Waals surface area contributed by atoms with Gasteiger partial charge >= 0.3 is 6.03 Å². The Kier molecular flexibility index (Phi) is 4.85. The third-order valence-corrected chi connectivity index (χ3v) is 4.41. The zero-order valence-corrected chi connectivity index (χ0v) is 13.6. The van der Waals surface area contributed by atoms with Crippen LogP contribution in [0.1, 0.15) is 22.7 Å². The number of aromatic nitrogens is 1. The Balaban J connectivity index is 1.47. The molecule has 24 heavy (non-hydrogen) atoms. The van der Waals surface area contributed by atoms with E-state index in [1.165, 1.54) is 5.56 Å². The summed E-state index contributed by atoms with van der Waals surface area (Å²) in [5, 5.41) is 10.1. The second kappa shape index (κ2) is 7.22. The standard InChI is InChI=1S/C16H16N4O3S/c21-13(7-12-15(22)20-16(23)19-12)17-8-11-9-24-14(18-11)6-10-4-2-1-3-5-10/h1-5,9,12H,6-8H2,(H,17,21)(H2,19,20,22,23)/t12-/m0/s1. The smallest absolute Gasteiger partial charge is 0.322 e. The molecule has 8 heteroatoms. The maximum Gasteiger partial charge on any atom is 0.322 e. The lowest BCUT2D eigenvalue weighted by molar-refractivity contribution is -0.126. The average Bonchev–Trinajstić information content (AvgIpc) is 3.13. The Morgan fingerprint density at radius 3 is 2.75 bits per heavy atom. The lowest BCUT2D eigenvalue weighted by Gasteiger charge is -2.07. The van der Waals surface area contributed by atoms with Gasteiger partial charge in [-0.05, 0) is 5.56 Å². The first-order chi connectivity index (χ1) is 11.6. The van der Waals surface area contributed by atoms with Gasteiger partial charge in [-0.1, -0.05) is 30.3 Å². The molecule has 1 saturated heterocycles. The molecular weight excluding hydrogens is 328 g/mol. The maximum absolute atomic E-state index is 11.9. The lowest BCUT2D eigenvalue weighted by Crippen LogP contribution is -2.36. The summed E-state index contributed by atoms with van der Waals surface area (Å²) in [5.41, 5.74) is 1.96. The van der Waals surface area contributed by atoms with E-state index in [4.69, 9.17) is 0 Å². The highest BCUT2D eigenvalue weighted by Crippen LogP contribution is 2.14. The van der Waals surface area contributed by atoms with E-state index in [0.29, 0.717) is 6.54 Å². The number of carbonyl (C=O) groups is 3. The second-order valence-corrected chi connectivity index (χ2v) is 6.33. The number of nitrogens with one attached hydrogen (secondary N) is 3. The molecule has 1 aromatic carbocycles. The molecule has 2 heterocycles. The first-order valence-electron chi connectivity index (χ1n) is 7.45. The van der Waals surface area contributed by atoms with Crippen molar-refractivity contribution in [3.8, 4) is 0 Å². The molecule has 1 atom stereocenters. The number of imide groups is 1. The number of nitrogens with zero attached hydrogens (tertiary/aromatic N) is 1. The molecule has 2 aromatic rings. The fourth-order valence-electron chi connectivity index (χ4n) is 2.33. The van der Waals surface area contributed by atoms with E-state index >= 15 is 0 Å². The van der Waals surface area contributed by atoms with E-state index in [1.807, 2.05) is 35.7 Å². The van der Waals surface area contributed by atoms with Crippen LogP contribution in [0.3, 0.4) is 0 Å². The Labute approximate surface area is 142 Å². The summed E-state index contributed by atoms with van der Waals surface area (Å²) in [5.74, 6) is -0.788. The van der Waals surface area contributed by atoms with Gasteiger partial charge in [-0.3, -0.25) is 14.9 Å². The van der Waals surface area contributed by atoms with E-state index < -0.39 is 18.0 Å². The van der Waals surface area contributed by atoms with Gasteiger partial charge in [0.15, 0.2) is 0 Å². The molecular formula is C16H16N4O3S. The van der Waals surface area contributed by atoms with E-state index in [0.717, 1.165) is 17.1 Å². The van der Waals surface area contributed by atoms with Crippen molar-refractivity contribution in [3.63, 3.8) is 0 Å². The van der Waals surface area contributed by atoms with Gasteiger partial charge in [0.1, 0.15) is 6.04 Å². The molecule has 7 nitrogen and oxygen atoms in total. The van der Waals surface area contributed by atoms with Crippen molar-refractivity contribution in [2.24, 2.45) is 0 Å². The third-order valence-electron chi connectivity index (χ3n) is 3.51. The Hall–Kier alpha value is -2.74. The number of urea groups is 1. The summed E-state index contributed by atoms with van der Waals surface area (Å²) in [7, 11) is 0. The van der Waals surface area contributed by atoms with Crippen molar-refractivity contribution in [2.75, 3.05) is 0 Å². The van der Waals surface area contributed by atoms with Crippen LogP contribution in [0.4, 0.5) is 4.79 Å². The number of rotatable bonds is 6. The van der Waals surface area contributed by atoms with Crippen LogP contribution >= 0.6 is 11.3 Å². The first-order valence-corrected chi connectivity index (χ1v) is 8.33. The molecule has 0 unspecified atom stereocenters. The molecule has 0 spiro atoms. The van der Waals surface area contributed by atoms with E-state index in [2.05, 4.69) is 20.9 Å². The molecule has 1 aliphatic heterocycles. The summed E-state index contributed by atoms with van der Waals surface area (Å²) >= 11 is 1.55. The summed E-state index contributed by atoms with van der Waals surface area (Å²) in [6.07, 6.45) is 0.673. The van der Waals surface area contributed by atoms with Crippen LogP contribution in [0.25, 0.3) is 0 Å². The van der Waals surface area contributed by atoms with Gasteiger partial charge in [-0.25, -0.2) is 9.78 Å². The molecule has 0 aliphatic carbocycles. The Morgan fingerprint density at radius 1 is 1.25 bits per heavy atom. The maximum atomic E-state index is 11.9. The number of hydrogen-bond acceptors (Lipinski definition) is 5. The SMILES string of the molecule is O=C(C[C@@H]1NC(=O)NC1=O)NCc1csc(Cc2ccccc2)n1. The molecule has 0 bridgehead atoms. The molecule has 0 saturated carbocycles. The fraction of sp³-hybridized carbons (Fsp3) is 0.250. The van der Waals surface area contributed by atoms with Crippen molar-refractivity contribution >= 4 is 29.2 Å². The van der Waals surface area contributed by atoms with Crippen LogP contribution in [-0.4, -0.2) is 28.9 Å². The predicted molar refractivity (Wildman–Crippen MR) is 88.3 cm³/mol. The van der Waals surface area contributed by atoms with Crippen molar-refractivity contribution < 1.29 is 14.4 Å². The molecule has 1 aliphatic rings. The number of carbonyl (C=O) groups excluding carboxylic acids is 3. The van der Waals surface area contributed by atoms with Crippen LogP contribution in [0, 0.1) is 0 Å². The average molecular weight is 344 g/mol. The number of benzene rings is 1. The minimum atomic E-state index is -0.804. The van der Waals surface area contributed by atoms with Crippen LogP contribution in [0.5, 0.6) is 0 Å². The molecule has 4 amide bonds. The van der Waals surface area contributed by atoms with Crippen molar-refractivity contribution in [1.82, 2.24) is 20.9 Å². The second-order valence-electron chi connectivity index (χ2n) is 5.39. The highest BCUT2D eigenvalue weighted by atomic mass is 32.1. The normalized spacial score (nSPS) is 16.6. The van der Waals surface area contributed by atoms with Gasteiger partial charge < -0.3 is 10.6 Å². The predicted octanol–water partition coefficient (Wildman–Crippen LogP) is 0.948. The highest BCUT2D eigenvalue weighted by molar-refractivity contribution is 7.09. The Morgan fingerprint density at radius 2 is 2.04 bits per heavy atom. The van der Waals surface area contributed by atoms with E-state index in [1.54, 1.807) is 11.3 Å². The quantitative estimate of drug-likeness (QED) is 0.679. The molecule has 0 radical (unpaired) electrons. The van der Waals surface area contributed by atoms with Crippen LogP contribution in [-0.2, 0) is 22.6 Å². The van der Waals surface area contributed by atoms with Crippen molar-refractivity contribution in [3.05, 3.63) is 52.0 Å². The minimum Gasteiger partial charge on any atom is -0.350 e. The topological polar surface area (TPSA) is 100 Å². The van der Waals surface area contributed by atoms with Crippen LogP contribution < -0.4 is 16.0 Å². The third kappa shape index (κ3) is 4.17. The summed E-state index contributed by atoms with van der Waals surface area (Å²) in [6, 6.07) is 8.67. The molecule has 124 valence electrons. The largest absolute Gasteiger partial charge is 0.350 e. The van der Waals surface area contributed by atoms with Gasteiger partial charge in [0, 0.05) is 11.8 Å². The van der Waals surface area contributed by atoms with Gasteiger partial charge in [0.2, 0.25) is 5.91 Å². The molecule has 1 fully saturated rings. The number of amides is 4. The summed E-state index contributed by atoms with van der Waals surface area (Å²) in [6.45, 7) is 0.298. The monoisotopic (exact) mass is 344 g/mol. The number of thiazole rings is 1. The van der Waals surface area contributed by atoms with E-state index in [-0.39, 0.29) is 12.3 Å². The summed E-state index contributed by atoms with van der Waals surface area (Å²) in [4.78, 5) is 38.7. The molecule has 3 N–H and O–H groups in total. The summed E-state index contributed by atoms with van der Waals surface area (Å²) < 4.78 is 0. The first kappa shape index (κ1) is 16.1. The van der Waals surface area contributed by atoms with Gasteiger partial charge in [-0.15, -0.1) is 11.3 Å². The van der Waals surface area contributed by atoms with Crippen molar-refractivity contribution in [2.45, 2.75) is 25.4 Å². The Bertz CT molecular complexity index is 760. The molecule has 3 rings (SSSR count). The van der Waals surface area contributed by atoms with Crippen LogP contribution in [0.15, 0.2) is 35.7 Å². The van der Waals surface area contributed by atoms with E-state index in [9.17, 15) is 14.4 Å². The highest BCUT2D eigenvalue weighted by Gasteiger charge is 2.31. The zero-order valence-electron chi connectivity index (χ0n) is 12.7. The minimum absolute atomic E-state index is 0.0847. The zero-order chi connectivity index (χ0) is 16.9. The van der Waals surface area contributed by atoms with Crippen LogP contribution in [0.2, 0.25) is 0 Å². The van der Waals surface area contributed by atoms with Gasteiger partial charge in [0.05, 0.1) is 23.7 Å². The van der Waals surface area contributed by atoms with Gasteiger partial charge in [-0.2, -0.15) is 0 Å². The lowest BCUT2D eigenvalue weighted by atomic mass is 10.2. The number of hydrogen-bond donors (Lipinski definition) is 3. The van der Waals surface area contributed by atoms with Gasteiger partial charge in [0.25, 0.3) is 5.91 Å².